The van der Waals surface area contributed by atoms with Crippen LogP contribution in [0.1, 0.15) is 33.9 Å². The highest BCUT2D eigenvalue weighted by Crippen LogP contribution is 2.36. The lowest BCUT2D eigenvalue weighted by Gasteiger charge is -2.27. The van der Waals surface area contributed by atoms with Gasteiger partial charge in [0, 0.05) is 27.6 Å². The van der Waals surface area contributed by atoms with Gasteiger partial charge in [0.25, 0.3) is 5.91 Å². The van der Waals surface area contributed by atoms with Crippen LogP contribution in [0.15, 0.2) is 34.8 Å². The Hall–Kier alpha value is -2.04. The Labute approximate surface area is 171 Å². The molecule has 0 fully saturated rings. The van der Waals surface area contributed by atoms with E-state index in [2.05, 4.69) is 47.0 Å². The smallest absolute Gasteiger partial charge is 0.255 e. The second-order valence-electron chi connectivity index (χ2n) is 7.78. The summed E-state index contributed by atoms with van der Waals surface area (Å²) in [6.07, 6.45) is 0.146. The van der Waals surface area contributed by atoms with Crippen LogP contribution in [0.3, 0.4) is 0 Å². The first-order chi connectivity index (χ1) is 13.1. The van der Waals surface area contributed by atoms with Crippen LogP contribution in [-0.4, -0.2) is 18.9 Å². The molecule has 1 unspecified atom stereocenters. The number of nitrogens with zero attached hydrogens (tertiary/aromatic N) is 1. The summed E-state index contributed by atoms with van der Waals surface area (Å²) in [5.41, 5.74) is 3.72. The molecule has 1 atom stereocenters. The Kier molecular flexibility index (Phi) is 5.73. The third kappa shape index (κ3) is 4.34. The maximum absolute atomic E-state index is 14.5. The molecule has 7 heteroatoms. The predicted molar refractivity (Wildman–Crippen MR) is 109 cm³/mol. The molecule has 2 nitrogen and oxygen atoms in total. The molecule has 28 heavy (non-hydrogen) atoms. The van der Waals surface area contributed by atoms with Crippen molar-refractivity contribution in [2.24, 2.45) is 0 Å². The van der Waals surface area contributed by atoms with E-state index in [-0.39, 0.29) is 29.7 Å². The van der Waals surface area contributed by atoms with Crippen LogP contribution in [-0.2, 0) is 6.54 Å². The molecule has 0 radical (unpaired) electrons. The van der Waals surface area contributed by atoms with Crippen molar-refractivity contribution < 1.29 is 18.0 Å². The summed E-state index contributed by atoms with van der Waals surface area (Å²) in [5.74, 6) is 0.903. The van der Waals surface area contributed by atoms with E-state index in [1.165, 1.54) is 11.0 Å². The molecule has 146 valence electrons. The van der Waals surface area contributed by atoms with Gasteiger partial charge in [0.2, 0.25) is 0 Å². The number of halogens is 4. The van der Waals surface area contributed by atoms with E-state index < -0.39 is 37.5 Å². The number of amides is 1. The molecular weight excluding hydrogens is 447 g/mol. The lowest BCUT2D eigenvalue weighted by Crippen LogP contribution is -2.30. The van der Waals surface area contributed by atoms with E-state index in [1.807, 2.05) is 0 Å². The number of rotatable bonds is 3. The van der Waals surface area contributed by atoms with Crippen molar-refractivity contribution >= 4 is 29.9 Å². The summed E-state index contributed by atoms with van der Waals surface area (Å²) in [6.45, 7) is 6.20. The van der Waals surface area contributed by atoms with Gasteiger partial charge < -0.3 is 4.90 Å². The van der Waals surface area contributed by atoms with Crippen molar-refractivity contribution in [2.45, 2.75) is 38.6 Å². The predicted octanol–water partition coefficient (Wildman–Crippen LogP) is 5.83. The maximum Gasteiger partial charge on any atom is 0.255 e. The van der Waals surface area contributed by atoms with Gasteiger partial charge in [-0.1, -0.05) is 35.6 Å². The standard InChI is InChI=1S/C21H19BrF3NOSi/c1-28(2,3)8-4-5-20(16-11-14(23)6-7-18(16)24)26-12-17-15(21(26)27)9-13(22)10-19(17)25/h6-7,9-11,20H,5,12H2,1-3H3. The number of carbonyl (C=O) groups excluding carboxylic acids is 1. The van der Waals surface area contributed by atoms with Crippen molar-refractivity contribution in [1.82, 2.24) is 4.90 Å². The van der Waals surface area contributed by atoms with E-state index in [0.717, 1.165) is 18.2 Å². The summed E-state index contributed by atoms with van der Waals surface area (Å²) in [6, 6.07) is 5.18. The Balaban J connectivity index is 2.04. The van der Waals surface area contributed by atoms with E-state index in [1.54, 1.807) is 6.07 Å². The average Bonchev–Trinajstić information content (AvgIpc) is 2.91. The zero-order chi connectivity index (χ0) is 20.6. The number of fused-ring (bicyclic) bond motifs is 1. The molecule has 1 heterocycles. The van der Waals surface area contributed by atoms with E-state index in [9.17, 15) is 18.0 Å². The molecule has 1 aliphatic heterocycles. The van der Waals surface area contributed by atoms with Crippen LogP contribution in [0.25, 0.3) is 0 Å². The molecular formula is C21H19BrF3NOSi. The first-order valence-electron chi connectivity index (χ1n) is 8.80. The van der Waals surface area contributed by atoms with Crippen LogP contribution < -0.4 is 0 Å². The van der Waals surface area contributed by atoms with Crippen molar-refractivity contribution in [3.63, 3.8) is 0 Å². The fourth-order valence-corrected chi connectivity index (χ4v) is 4.24. The van der Waals surface area contributed by atoms with Crippen molar-refractivity contribution in [3.05, 3.63) is 68.9 Å². The monoisotopic (exact) mass is 465 g/mol. The van der Waals surface area contributed by atoms with E-state index in [4.69, 9.17) is 0 Å². The summed E-state index contributed by atoms with van der Waals surface area (Å²) < 4.78 is 43.1. The largest absolute Gasteiger partial charge is 0.326 e. The minimum Gasteiger partial charge on any atom is -0.326 e. The molecule has 1 amide bonds. The number of benzene rings is 2. The Morgan fingerprint density at radius 3 is 2.54 bits per heavy atom. The highest BCUT2D eigenvalue weighted by atomic mass is 79.9. The average molecular weight is 466 g/mol. The number of hydrogen-bond acceptors (Lipinski definition) is 1. The highest BCUT2D eigenvalue weighted by molar-refractivity contribution is 9.10. The van der Waals surface area contributed by atoms with Crippen molar-refractivity contribution in [1.29, 1.82) is 0 Å². The third-order valence-electron chi connectivity index (χ3n) is 4.43. The quantitative estimate of drug-likeness (QED) is 0.412. The zero-order valence-electron chi connectivity index (χ0n) is 15.7. The molecule has 1 aliphatic rings. The summed E-state index contributed by atoms with van der Waals surface area (Å²) in [7, 11) is -1.68. The zero-order valence-corrected chi connectivity index (χ0v) is 18.3. The lowest BCUT2D eigenvalue weighted by atomic mass is 10.0. The van der Waals surface area contributed by atoms with Crippen LogP contribution in [0.2, 0.25) is 19.6 Å². The first kappa shape index (κ1) is 20.7. The normalized spacial score (nSPS) is 14.5. The molecule has 2 aromatic carbocycles. The highest BCUT2D eigenvalue weighted by Gasteiger charge is 2.36. The lowest BCUT2D eigenvalue weighted by molar-refractivity contribution is 0.0700. The van der Waals surface area contributed by atoms with Gasteiger partial charge in [-0.2, -0.15) is 0 Å². The second kappa shape index (κ2) is 7.76. The molecule has 0 saturated heterocycles. The molecule has 0 aliphatic carbocycles. The first-order valence-corrected chi connectivity index (χ1v) is 13.1. The Bertz CT molecular complexity index is 1010. The molecule has 0 N–H and O–H groups in total. The fraction of sp³-hybridized carbons (Fsp3) is 0.286. The minimum absolute atomic E-state index is 0.0114. The van der Waals surface area contributed by atoms with Gasteiger partial charge in [0.15, 0.2) is 0 Å². The van der Waals surface area contributed by atoms with E-state index >= 15 is 0 Å². The molecule has 0 aromatic heterocycles. The molecule has 0 bridgehead atoms. The minimum atomic E-state index is -1.68. The topological polar surface area (TPSA) is 20.3 Å². The van der Waals surface area contributed by atoms with Gasteiger partial charge in [0.1, 0.15) is 25.5 Å². The summed E-state index contributed by atoms with van der Waals surface area (Å²) >= 11 is 3.19. The van der Waals surface area contributed by atoms with Gasteiger partial charge in [-0.15, -0.1) is 11.5 Å². The number of hydrogen-bond donors (Lipinski definition) is 0. The Morgan fingerprint density at radius 2 is 1.86 bits per heavy atom. The van der Waals surface area contributed by atoms with Crippen LogP contribution in [0.4, 0.5) is 13.2 Å². The number of carbonyl (C=O) groups is 1. The van der Waals surface area contributed by atoms with E-state index in [0.29, 0.717) is 4.47 Å². The van der Waals surface area contributed by atoms with Gasteiger partial charge in [-0.25, -0.2) is 13.2 Å². The van der Waals surface area contributed by atoms with Gasteiger partial charge in [-0.05, 0) is 30.3 Å². The Morgan fingerprint density at radius 1 is 1.14 bits per heavy atom. The van der Waals surface area contributed by atoms with Crippen LogP contribution in [0, 0.1) is 28.9 Å². The van der Waals surface area contributed by atoms with Crippen LogP contribution >= 0.6 is 15.9 Å². The van der Waals surface area contributed by atoms with Gasteiger partial charge in [0.05, 0.1) is 12.6 Å². The fourth-order valence-electron chi connectivity index (χ4n) is 3.17. The molecule has 2 aromatic rings. The van der Waals surface area contributed by atoms with Gasteiger partial charge in [-0.3, -0.25) is 4.79 Å². The molecule has 0 spiro atoms. The molecule has 0 saturated carbocycles. The second-order valence-corrected chi connectivity index (χ2v) is 13.4. The summed E-state index contributed by atoms with van der Waals surface area (Å²) in [5, 5.41) is 0. The van der Waals surface area contributed by atoms with Crippen molar-refractivity contribution in [2.75, 3.05) is 0 Å². The van der Waals surface area contributed by atoms with Gasteiger partial charge >= 0.3 is 0 Å². The summed E-state index contributed by atoms with van der Waals surface area (Å²) in [4.78, 5) is 14.3. The third-order valence-corrected chi connectivity index (χ3v) is 5.82. The van der Waals surface area contributed by atoms with Crippen LogP contribution in [0.5, 0.6) is 0 Å². The van der Waals surface area contributed by atoms with Crippen molar-refractivity contribution in [3.8, 4) is 11.5 Å². The maximum atomic E-state index is 14.5. The molecule has 3 rings (SSSR count). The SMILES string of the molecule is C[Si](C)(C)C#CCC(c1cc(F)ccc1F)N1Cc2c(F)cc(Br)cc2C1=O.